The Hall–Kier alpha value is -1.68. The Morgan fingerprint density at radius 2 is 2.21 bits per heavy atom. The SMILES string of the molecule is CCCNC(Cc1ncnn1C)c1cccc(C)c1. The molecule has 0 spiro atoms. The zero-order chi connectivity index (χ0) is 13.7. The smallest absolute Gasteiger partial charge is 0.138 e. The zero-order valence-electron chi connectivity index (χ0n) is 11.9. The van der Waals surface area contributed by atoms with Crippen LogP contribution in [0.15, 0.2) is 30.6 Å². The Kier molecular flexibility index (Phi) is 4.68. The van der Waals surface area contributed by atoms with E-state index in [0.717, 1.165) is 25.2 Å². The van der Waals surface area contributed by atoms with Gasteiger partial charge in [0.2, 0.25) is 0 Å². The summed E-state index contributed by atoms with van der Waals surface area (Å²) in [6.45, 7) is 5.32. The first-order valence-corrected chi connectivity index (χ1v) is 6.83. The van der Waals surface area contributed by atoms with E-state index >= 15 is 0 Å². The van der Waals surface area contributed by atoms with Crippen LogP contribution in [0.2, 0.25) is 0 Å². The van der Waals surface area contributed by atoms with Crippen molar-refractivity contribution in [2.45, 2.75) is 32.7 Å². The number of nitrogens with one attached hydrogen (secondary N) is 1. The lowest BCUT2D eigenvalue weighted by Gasteiger charge is -2.19. The highest BCUT2D eigenvalue weighted by Gasteiger charge is 2.14. The molecular weight excluding hydrogens is 236 g/mol. The molecule has 102 valence electrons. The molecule has 1 atom stereocenters. The van der Waals surface area contributed by atoms with Crippen molar-refractivity contribution in [2.75, 3.05) is 6.54 Å². The molecule has 4 heteroatoms. The first-order valence-electron chi connectivity index (χ1n) is 6.83. The van der Waals surface area contributed by atoms with Gasteiger partial charge in [-0.05, 0) is 25.5 Å². The zero-order valence-corrected chi connectivity index (χ0v) is 11.9. The summed E-state index contributed by atoms with van der Waals surface area (Å²) in [5, 5.41) is 7.74. The molecule has 0 aliphatic carbocycles. The monoisotopic (exact) mass is 258 g/mol. The van der Waals surface area contributed by atoms with Crippen LogP contribution in [0, 0.1) is 6.92 Å². The summed E-state index contributed by atoms with van der Waals surface area (Å²) in [6, 6.07) is 8.95. The van der Waals surface area contributed by atoms with E-state index in [4.69, 9.17) is 0 Å². The van der Waals surface area contributed by atoms with Gasteiger partial charge in [-0.15, -0.1) is 0 Å². The van der Waals surface area contributed by atoms with Gasteiger partial charge < -0.3 is 5.32 Å². The number of nitrogens with zero attached hydrogens (tertiary/aromatic N) is 3. The van der Waals surface area contributed by atoms with Crippen molar-refractivity contribution in [1.29, 1.82) is 0 Å². The van der Waals surface area contributed by atoms with Gasteiger partial charge in [0.05, 0.1) is 0 Å². The lowest BCUT2D eigenvalue weighted by Crippen LogP contribution is -2.25. The van der Waals surface area contributed by atoms with Gasteiger partial charge in [0.25, 0.3) is 0 Å². The quantitative estimate of drug-likeness (QED) is 0.865. The van der Waals surface area contributed by atoms with Crippen molar-refractivity contribution in [2.24, 2.45) is 7.05 Å². The van der Waals surface area contributed by atoms with E-state index in [9.17, 15) is 0 Å². The molecular formula is C15H22N4. The fraction of sp³-hybridized carbons (Fsp3) is 0.467. The van der Waals surface area contributed by atoms with Crippen LogP contribution in [0.25, 0.3) is 0 Å². The van der Waals surface area contributed by atoms with Crippen molar-refractivity contribution < 1.29 is 0 Å². The number of hydrogen-bond donors (Lipinski definition) is 1. The van der Waals surface area contributed by atoms with E-state index < -0.39 is 0 Å². The number of hydrogen-bond acceptors (Lipinski definition) is 3. The molecule has 0 saturated carbocycles. The number of rotatable bonds is 6. The minimum atomic E-state index is 0.294. The lowest BCUT2D eigenvalue weighted by atomic mass is 10.0. The van der Waals surface area contributed by atoms with E-state index in [1.807, 2.05) is 11.7 Å². The first-order chi connectivity index (χ1) is 9.20. The largest absolute Gasteiger partial charge is 0.310 e. The maximum atomic E-state index is 4.32. The minimum absolute atomic E-state index is 0.294. The van der Waals surface area contributed by atoms with Crippen molar-refractivity contribution in [3.8, 4) is 0 Å². The maximum absolute atomic E-state index is 4.32. The van der Waals surface area contributed by atoms with Crippen LogP contribution in [-0.2, 0) is 13.5 Å². The van der Waals surface area contributed by atoms with Gasteiger partial charge in [-0.25, -0.2) is 4.98 Å². The molecule has 1 unspecified atom stereocenters. The molecule has 1 aromatic heterocycles. The standard InChI is InChI=1S/C15H22N4/c1-4-8-16-14(10-15-17-11-18-19(15)3)13-7-5-6-12(2)9-13/h5-7,9,11,14,16H,4,8,10H2,1-3H3. The summed E-state index contributed by atoms with van der Waals surface area (Å²) in [7, 11) is 1.94. The first kappa shape index (κ1) is 13.7. The fourth-order valence-electron chi connectivity index (χ4n) is 2.20. The second kappa shape index (κ2) is 6.48. The molecule has 0 amide bonds. The molecule has 1 aromatic carbocycles. The third-order valence-corrected chi connectivity index (χ3v) is 3.28. The third-order valence-electron chi connectivity index (χ3n) is 3.28. The summed E-state index contributed by atoms with van der Waals surface area (Å²) in [5.74, 6) is 1.01. The highest BCUT2D eigenvalue weighted by Crippen LogP contribution is 2.18. The van der Waals surface area contributed by atoms with Gasteiger partial charge >= 0.3 is 0 Å². The summed E-state index contributed by atoms with van der Waals surface area (Å²) >= 11 is 0. The number of aryl methyl sites for hydroxylation is 2. The second-order valence-corrected chi connectivity index (χ2v) is 4.92. The van der Waals surface area contributed by atoms with Gasteiger partial charge in [-0.1, -0.05) is 36.8 Å². The van der Waals surface area contributed by atoms with Crippen molar-refractivity contribution >= 4 is 0 Å². The fourth-order valence-corrected chi connectivity index (χ4v) is 2.20. The van der Waals surface area contributed by atoms with Gasteiger partial charge in [0, 0.05) is 19.5 Å². The molecule has 19 heavy (non-hydrogen) atoms. The van der Waals surface area contributed by atoms with Crippen molar-refractivity contribution in [1.82, 2.24) is 20.1 Å². The molecule has 2 rings (SSSR count). The van der Waals surface area contributed by atoms with Gasteiger partial charge in [-0.2, -0.15) is 5.10 Å². The molecule has 0 aliphatic rings. The Morgan fingerprint density at radius 1 is 1.37 bits per heavy atom. The molecule has 1 N–H and O–H groups in total. The molecule has 4 nitrogen and oxygen atoms in total. The Morgan fingerprint density at radius 3 is 2.84 bits per heavy atom. The van der Waals surface area contributed by atoms with Crippen LogP contribution in [0.4, 0.5) is 0 Å². The number of aromatic nitrogens is 3. The lowest BCUT2D eigenvalue weighted by molar-refractivity contribution is 0.506. The van der Waals surface area contributed by atoms with Gasteiger partial charge in [0.15, 0.2) is 0 Å². The third kappa shape index (κ3) is 3.64. The van der Waals surface area contributed by atoms with Crippen LogP contribution < -0.4 is 5.32 Å². The van der Waals surface area contributed by atoms with Crippen molar-refractivity contribution in [3.63, 3.8) is 0 Å². The van der Waals surface area contributed by atoms with Crippen LogP contribution in [0.3, 0.4) is 0 Å². The maximum Gasteiger partial charge on any atom is 0.138 e. The predicted molar refractivity (Wildman–Crippen MR) is 76.9 cm³/mol. The second-order valence-electron chi connectivity index (χ2n) is 4.92. The highest BCUT2D eigenvalue weighted by molar-refractivity contribution is 5.25. The summed E-state index contributed by atoms with van der Waals surface area (Å²) in [4.78, 5) is 4.32. The molecule has 0 radical (unpaired) electrons. The molecule has 2 aromatic rings. The molecule has 0 bridgehead atoms. The Balaban J connectivity index is 2.18. The van der Waals surface area contributed by atoms with Crippen molar-refractivity contribution in [3.05, 3.63) is 47.5 Å². The van der Waals surface area contributed by atoms with E-state index in [1.165, 1.54) is 11.1 Å². The molecule has 0 aliphatic heterocycles. The topological polar surface area (TPSA) is 42.7 Å². The van der Waals surface area contributed by atoms with Crippen LogP contribution in [0.1, 0.15) is 36.3 Å². The van der Waals surface area contributed by atoms with Crippen LogP contribution in [-0.4, -0.2) is 21.3 Å². The van der Waals surface area contributed by atoms with E-state index in [-0.39, 0.29) is 0 Å². The average Bonchev–Trinajstić information content (AvgIpc) is 2.80. The summed E-state index contributed by atoms with van der Waals surface area (Å²) < 4.78 is 1.84. The molecule has 0 fully saturated rings. The Labute approximate surface area is 114 Å². The van der Waals surface area contributed by atoms with Gasteiger partial charge in [-0.3, -0.25) is 4.68 Å². The normalized spacial score (nSPS) is 12.6. The summed E-state index contributed by atoms with van der Waals surface area (Å²) in [6.07, 6.45) is 3.60. The Bertz CT molecular complexity index is 518. The molecule has 0 saturated heterocycles. The van der Waals surface area contributed by atoms with E-state index in [1.54, 1.807) is 6.33 Å². The average molecular weight is 258 g/mol. The summed E-state index contributed by atoms with van der Waals surface area (Å²) in [5.41, 5.74) is 2.61. The minimum Gasteiger partial charge on any atom is -0.310 e. The predicted octanol–water partition coefficient (Wildman–Crippen LogP) is 2.41. The van der Waals surface area contributed by atoms with Crippen LogP contribution in [0.5, 0.6) is 0 Å². The highest BCUT2D eigenvalue weighted by atomic mass is 15.3. The van der Waals surface area contributed by atoms with E-state index in [0.29, 0.717) is 6.04 Å². The number of benzene rings is 1. The van der Waals surface area contributed by atoms with Crippen LogP contribution >= 0.6 is 0 Å². The van der Waals surface area contributed by atoms with E-state index in [2.05, 4.69) is 53.5 Å². The molecule has 1 heterocycles. The van der Waals surface area contributed by atoms with Gasteiger partial charge in [0.1, 0.15) is 12.2 Å².